The number of rotatable bonds is 3. The number of hydrogen-bond donors (Lipinski definition) is 0. The lowest BCUT2D eigenvalue weighted by molar-refractivity contribution is 0.156. The molecule has 0 amide bonds. The summed E-state index contributed by atoms with van der Waals surface area (Å²) in [5.41, 5.74) is 0. The average Bonchev–Trinajstić information content (AvgIpc) is 2.29. The van der Waals surface area contributed by atoms with Crippen LogP contribution >= 0.6 is 0 Å². The van der Waals surface area contributed by atoms with Crippen molar-refractivity contribution >= 4 is 9.84 Å². The molecular weight excluding hydrogens is 236 g/mol. The number of ether oxygens (including phenoxy) is 1. The number of sulfone groups is 1. The SMILES string of the molecule is CS(=O)(=O)C1CCCC(Oc2ccccc2)C1. The molecule has 0 aromatic heterocycles. The summed E-state index contributed by atoms with van der Waals surface area (Å²) < 4.78 is 28.9. The van der Waals surface area contributed by atoms with Gasteiger partial charge in [-0.2, -0.15) is 0 Å². The van der Waals surface area contributed by atoms with Gasteiger partial charge in [-0.1, -0.05) is 18.2 Å². The van der Waals surface area contributed by atoms with Gasteiger partial charge < -0.3 is 4.74 Å². The lowest BCUT2D eigenvalue weighted by Crippen LogP contribution is -2.33. The molecule has 1 saturated carbocycles. The van der Waals surface area contributed by atoms with E-state index in [2.05, 4.69) is 0 Å². The molecule has 0 bridgehead atoms. The van der Waals surface area contributed by atoms with E-state index >= 15 is 0 Å². The van der Waals surface area contributed by atoms with Crippen LogP contribution in [0.25, 0.3) is 0 Å². The van der Waals surface area contributed by atoms with Gasteiger partial charge in [-0.3, -0.25) is 0 Å². The van der Waals surface area contributed by atoms with Crippen molar-refractivity contribution in [2.75, 3.05) is 6.26 Å². The maximum atomic E-state index is 11.5. The molecule has 0 aliphatic heterocycles. The minimum atomic E-state index is -2.93. The molecule has 3 nitrogen and oxygen atoms in total. The molecule has 0 saturated heterocycles. The Hall–Kier alpha value is -1.03. The molecule has 2 rings (SSSR count). The largest absolute Gasteiger partial charge is 0.490 e. The lowest BCUT2D eigenvalue weighted by atomic mass is 9.97. The fraction of sp³-hybridized carbons (Fsp3) is 0.538. The van der Waals surface area contributed by atoms with Crippen LogP contribution in [-0.2, 0) is 9.84 Å². The first-order valence-electron chi connectivity index (χ1n) is 5.96. The monoisotopic (exact) mass is 254 g/mol. The van der Waals surface area contributed by atoms with Gasteiger partial charge in [-0.05, 0) is 31.4 Å². The van der Waals surface area contributed by atoms with Gasteiger partial charge in [0.2, 0.25) is 0 Å². The summed E-state index contributed by atoms with van der Waals surface area (Å²) >= 11 is 0. The maximum absolute atomic E-state index is 11.5. The smallest absolute Gasteiger partial charge is 0.150 e. The first kappa shape index (κ1) is 12.4. The van der Waals surface area contributed by atoms with Crippen molar-refractivity contribution in [3.05, 3.63) is 30.3 Å². The predicted octanol–water partition coefficient (Wildman–Crippen LogP) is 2.42. The van der Waals surface area contributed by atoms with Crippen molar-refractivity contribution in [2.45, 2.75) is 37.0 Å². The van der Waals surface area contributed by atoms with E-state index < -0.39 is 9.84 Å². The Kier molecular flexibility index (Phi) is 3.72. The summed E-state index contributed by atoms with van der Waals surface area (Å²) in [6.45, 7) is 0. The van der Waals surface area contributed by atoms with Gasteiger partial charge in [-0.25, -0.2) is 8.42 Å². The number of benzene rings is 1. The van der Waals surface area contributed by atoms with Gasteiger partial charge in [0.1, 0.15) is 15.6 Å². The minimum absolute atomic E-state index is 0.0332. The Labute approximate surface area is 103 Å². The Morgan fingerprint density at radius 3 is 2.53 bits per heavy atom. The van der Waals surface area contributed by atoms with E-state index in [1.165, 1.54) is 6.26 Å². The third kappa shape index (κ3) is 3.46. The average molecular weight is 254 g/mol. The van der Waals surface area contributed by atoms with E-state index in [0.717, 1.165) is 25.0 Å². The van der Waals surface area contributed by atoms with E-state index in [1.807, 2.05) is 30.3 Å². The summed E-state index contributed by atoms with van der Waals surface area (Å²) in [5.74, 6) is 0.826. The molecule has 0 radical (unpaired) electrons. The first-order chi connectivity index (χ1) is 8.05. The highest BCUT2D eigenvalue weighted by molar-refractivity contribution is 7.91. The van der Waals surface area contributed by atoms with Crippen LogP contribution in [0.2, 0.25) is 0 Å². The second-order valence-electron chi connectivity index (χ2n) is 4.67. The Balaban J connectivity index is 1.99. The van der Waals surface area contributed by atoms with Gasteiger partial charge >= 0.3 is 0 Å². The summed E-state index contributed by atoms with van der Waals surface area (Å²) in [5, 5.41) is -0.232. The van der Waals surface area contributed by atoms with Gasteiger partial charge in [0.25, 0.3) is 0 Å². The minimum Gasteiger partial charge on any atom is -0.490 e. The third-order valence-electron chi connectivity index (χ3n) is 3.23. The predicted molar refractivity (Wildman–Crippen MR) is 68.0 cm³/mol. The summed E-state index contributed by atoms with van der Waals surface area (Å²) in [4.78, 5) is 0. The van der Waals surface area contributed by atoms with Crippen LogP contribution in [0.3, 0.4) is 0 Å². The molecule has 1 fully saturated rings. The van der Waals surface area contributed by atoms with Crippen molar-refractivity contribution in [1.29, 1.82) is 0 Å². The molecular formula is C13H18O3S. The third-order valence-corrected chi connectivity index (χ3v) is 4.87. The van der Waals surface area contributed by atoms with Gasteiger partial charge in [0.15, 0.2) is 0 Å². The van der Waals surface area contributed by atoms with E-state index in [4.69, 9.17) is 4.74 Å². The van der Waals surface area contributed by atoms with Crippen molar-refractivity contribution in [3.63, 3.8) is 0 Å². The zero-order valence-electron chi connectivity index (χ0n) is 10.0. The summed E-state index contributed by atoms with van der Waals surface area (Å²) in [7, 11) is -2.93. The molecule has 17 heavy (non-hydrogen) atoms. The molecule has 1 aliphatic carbocycles. The highest BCUT2D eigenvalue weighted by Gasteiger charge is 2.29. The van der Waals surface area contributed by atoms with Crippen LogP contribution in [0.1, 0.15) is 25.7 Å². The summed E-state index contributed by atoms with van der Waals surface area (Å²) in [6, 6.07) is 9.60. The Morgan fingerprint density at radius 1 is 1.18 bits per heavy atom. The quantitative estimate of drug-likeness (QED) is 0.832. The zero-order valence-corrected chi connectivity index (χ0v) is 10.8. The fourth-order valence-corrected chi connectivity index (χ4v) is 3.45. The molecule has 0 N–H and O–H groups in total. The number of hydrogen-bond acceptors (Lipinski definition) is 3. The van der Waals surface area contributed by atoms with Crippen molar-refractivity contribution < 1.29 is 13.2 Å². The van der Waals surface area contributed by atoms with E-state index in [0.29, 0.717) is 6.42 Å². The molecule has 0 spiro atoms. The lowest BCUT2D eigenvalue weighted by Gasteiger charge is -2.28. The van der Waals surface area contributed by atoms with Crippen LogP contribution in [-0.4, -0.2) is 26.0 Å². The molecule has 0 heterocycles. The molecule has 1 aromatic carbocycles. The molecule has 2 atom stereocenters. The topological polar surface area (TPSA) is 43.4 Å². The van der Waals surface area contributed by atoms with E-state index in [-0.39, 0.29) is 11.4 Å². The second-order valence-corrected chi connectivity index (χ2v) is 7.00. The van der Waals surface area contributed by atoms with Crippen LogP contribution < -0.4 is 4.74 Å². The van der Waals surface area contributed by atoms with Crippen LogP contribution in [0.5, 0.6) is 5.75 Å². The van der Waals surface area contributed by atoms with Gasteiger partial charge in [-0.15, -0.1) is 0 Å². The van der Waals surface area contributed by atoms with Crippen LogP contribution in [0, 0.1) is 0 Å². The van der Waals surface area contributed by atoms with Crippen molar-refractivity contribution in [3.8, 4) is 5.75 Å². The number of para-hydroxylation sites is 1. The van der Waals surface area contributed by atoms with E-state index in [1.54, 1.807) is 0 Å². The molecule has 1 aliphatic rings. The van der Waals surface area contributed by atoms with Gasteiger partial charge in [0, 0.05) is 12.7 Å². The Morgan fingerprint density at radius 2 is 1.88 bits per heavy atom. The molecule has 1 aromatic rings. The summed E-state index contributed by atoms with van der Waals surface area (Å²) in [6.07, 6.45) is 4.62. The maximum Gasteiger partial charge on any atom is 0.150 e. The highest BCUT2D eigenvalue weighted by Crippen LogP contribution is 2.27. The van der Waals surface area contributed by atoms with Crippen LogP contribution in [0.4, 0.5) is 0 Å². The Bertz CT molecular complexity index is 453. The second kappa shape index (κ2) is 5.08. The molecule has 4 heteroatoms. The van der Waals surface area contributed by atoms with Crippen molar-refractivity contribution in [2.24, 2.45) is 0 Å². The molecule has 94 valence electrons. The molecule has 2 unspecified atom stereocenters. The first-order valence-corrected chi connectivity index (χ1v) is 7.92. The van der Waals surface area contributed by atoms with Gasteiger partial charge in [0.05, 0.1) is 11.4 Å². The highest BCUT2D eigenvalue weighted by atomic mass is 32.2. The van der Waals surface area contributed by atoms with E-state index in [9.17, 15) is 8.42 Å². The van der Waals surface area contributed by atoms with Crippen LogP contribution in [0.15, 0.2) is 30.3 Å². The normalized spacial score (nSPS) is 25.5. The fourth-order valence-electron chi connectivity index (χ4n) is 2.29. The zero-order chi connectivity index (χ0) is 12.3. The van der Waals surface area contributed by atoms with Crippen molar-refractivity contribution in [1.82, 2.24) is 0 Å². The standard InChI is InChI=1S/C13H18O3S/c1-17(14,15)13-9-5-8-12(10-13)16-11-6-3-2-4-7-11/h2-4,6-7,12-13H,5,8-10H2,1H3.